The molecule has 0 unspecified atom stereocenters. The number of aromatic nitrogens is 1. The molecule has 0 fully saturated rings. The monoisotopic (exact) mass is 692 g/mol. The number of fused-ring (bicyclic) bond motifs is 9. The Balaban J connectivity index is 1.08. The van der Waals surface area contributed by atoms with Crippen molar-refractivity contribution in [3.8, 4) is 16.8 Å². The van der Waals surface area contributed by atoms with Crippen LogP contribution >= 0.6 is 11.3 Å². The molecule has 2 nitrogen and oxygen atoms in total. The highest BCUT2D eigenvalue weighted by atomic mass is 32.1. The second kappa shape index (κ2) is 11.9. The minimum Gasteiger partial charge on any atom is -0.310 e. The summed E-state index contributed by atoms with van der Waals surface area (Å²) >= 11 is 1.86. The summed E-state index contributed by atoms with van der Waals surface area (Å²) in [7, 11) is 0. The predicted molar refractivity (Wildman–Crippen MR) is 229 cm³/mol. The van der Waals surface area contributed by atoms with Crippen molar-refractivity contribution < 1.29 is 0 Å². The van der Waals surface area contributed by atoms with Crippen LogP contribution in [0.3, 0.4) is 0 Å². The molecule has 0 radical (unpaired) electrons. The number of hydrogen-bond donors (Lipinski definition) is 0. The van der Waals surface area contributed by atoms with Crippen LogP contribution in [0, 0.1) is 0 Å². The minimum absolute atomic E-state index is 1.11. The third kappa shape index (κ3) is 4.78. The number of benzene rings is 9. The molecule has 0 bridgehead atoms. The van der Waals surface area contributed by atoms with Gasteiger partial charge in [0, 0.05) is 48.0 Å². The standard InChI is InChI=1S/C50H32N2S/c1-2-12-36-32-37(21-20-33(36)10-1)34-22-25-38(26-23-34)51(45-17-9-19-48-50(45)43-15-6-8-18-47(43)53-48)39-27-29-40(30-28-39)52-44-16-7-5-14-42(44)49-41-13-4-3-11-35(41)24-31-46(49)52/h1-32H. The first kappa shape index (κ1) is 30.0. The molecule has 0 spiro atoms. The SMILES string of the molecule is c1ccc2cc(-c3ccc(N(c4ccc(-n5c6ccccc6c6c7ccccc7ccc65)cc4)c4cccc5sc6ccccc6c45)cc3)ccc2c1. The van der Waals surface area contributed by atoms with Crippen LogP contribution in [-0.2, 0) is 0 Å². The van der Waals surface area contributed by atoms with E-state index in [9.17, 15) is 0 Å². The van der Waals surface area contributed by atoms with Crippen LogP contribution in [0.1, 0.15) is 0 Å². The Bertz CT molecular complexity index is 3170. The molecule has 248 valence electrons. The Morgan fingerprint density at radius 2 is 1.00 bits per heavy atom. The van der Waals surface area contributed by atoms with Gasteiger partial charge in [-0.2, -0.15) is 0 Å². The maximum absolute atomic E-state index is 2.43. The van der Waals surface area contributed by atoms with Gasteiger partial charge in [-0.25, -0.2) is 0 Å². The average molecular weight is 693 g/mol. The van der Waals surface area contributed by atoms with Gasteiger partial charge in [0.15, 0.2) is 0 Å². The Hall–Kier alpha value is -6.68. The highest BCUT2D eigenvalue weighted by molar-refractivity contribution is 7.26. The molecule has 2 heterocycles. The van der Waals surface area contributed by atoms with E-state index in [1.54, 1.807) is 0 Å². The van der Waals surface area contributed by atoms with E-state index >= 15 is 0 Å². The third-order valence-electron chi connectivity index (χ3n) is 10.8. The molecule has 0 saturated carbocycles. The molecule has 0 N–H and O–H groups in total. The van der Waals surface area contributed by atoms with Gasteiger partial charge in [-0.1, -0.05) is 121 Å². The molecule has 9 aromatic carbocycles. The van der Waals surface area contributed by atoms with Crippen molar-refractivity contribution in [2.75, 3.05) is 4.90 Å². The zero-order valence-corrected chi connectivity index (χ0v) is 29.6. The van der Waals surface area contributed by atoms with Gasteiger partial charge in [0.25, 0.3) is 0 Å². The van der Waals surface area contributed by atoms with Crippen LogP contribution in [0.5, 0.6) is 0 Å². The van der Waals surface area contributed by atoms with Crippen LogP contribution in [0.4, 0.5) is 17.1 Å². The summed E-state index contributed by atoms with van der Waals surface area (Å²) in [5.41, 5.74) is 9.39. The summed E-state index contributed by atoms with van der Waals surface area (Å²) in [6.45, 7) is 0. The molecule has 0 amide bonds. The highest BCUT2D eigenvalue weighted by Crippen LogP contribution is 2.45. The summed E-state index contributed by atoms with van der Waals surface area (Å²) in [6.07, 6.45) is 0. The van der Waals surface area contributed by atoms with E-state index in [2.05, 4.69) is 204 Å². The fraction of sp³-hybridized carbons (Fsp3) is 0. The van der Waals surface area contributed by atoms with Crippen molar-refractivity contribution in [3.63, 3.8) is 0 Å². The fourth-order valence-corrected chi connectivity index (χ4v) is 9.44. The summed E-state index contributed by atoms with van der Waals surface area (Å²) < 4.78 is 5.00. The number of rotatable bonds is 5. The molecular formula is C50H32N2S. The molecule has 0 aliphatic heterocycles. The molecule has 3 heteroatoms. The molecule has 0 saturated heterocycles. The minimum atomic E-state index is 1.11. The Morgan fingerprint density at radius 1 is 0.377 bits per heavy atom. The van der Waals surface area contributed by atoms with Crippen molar-refractivity contribution in [3.05, 3.63) is 194 Å². The maximum atomic E-state index is 2.43. The van der Waals surface area contributed by atoms with Gasteiger partial charge < -0.3 is 9.47 Å². The van der Waals surface area contributed by atoms with Crippen molar-refractivity contribution >= 4 is 91.9 Å². The van der Waals surface area contributed by atoms with Crippen LogP contribution in [0.25, 0.3) is 80.3 Å². The molecular weight excluding hydrogens is 661 g/mol. The van der Waals surface area contributed by atoms with E-state index < -0.39 is 0 Å². The van der Waals surface area contributed by atoms with Gasteiger partial charge in [-0.15, -0.1) is 11.3 Å². The molecule has 2 aromatic heterocycles. The van der Waals surface area contributed by atoms with E-state index in [1.807, 2.05) is 11.3 Å². The van der Waals surface area contributed by atoms with Crippen LogP contribution in [0.15, 0.2) is 194 Å². The van der Waals surface area contributed by atoms with Crippen LogP contribution in [-0.4, -0.2) is 4.57 Å². The first-order valence-electron chi connectivity index (χ1n) is 18.1. The maximum Gasteiger partial charge on any atom is 0.0554 e. The lowest BCUT2D eigenvalue weighted by atomic mass is 10.0. The van der Waals surface area contributed by atoms with Gasteiger partial charge >= 0.3 is 0 Å². The zero-order chi connectivity index (χ0) is 34.9. The largest absolute Gasteiger partial charge is 0.310 e. The Labute approximate surface area is 311 Å². The molecule has 53 heavy (non-hydrogen) atoms. The van der Waals surface area contributed by atoms with Gasteiger partial charge in [0.05, 0.1) is 16.7 Å². The normalized spacial score (nSPS) is 11.8. The van der Waals surface area contributed by atoms with Crippen molar-refractivity contribution in [2.24, 2.45) is 0 Å². The van der Waals surface area contributed by atoms with E-state index in [1.165, 1.54) is 80.3 Å². The van der Waals surface area contributed by atoms with E-state index in [0.29, 0.717) is 0 Å². The molecule has 11 rings (SSSR count). The second-order valence-electron chi connectivity index (χ2n) is 13.7. The number of hydrogen-bond acceptors (Lipinski definition) is 2. The third-order valence-corrected chi connectivity index (χ3v) is 11.9. The Morgan fingerprint density at radius 3 is 1.83 bits per heavy atom. The van der Waals surface area contributed by atoms with Gasteiger partial charge in [0.2, 0.25) is 0 Å². The zero-order valence-electron chi connectivity index (χ0n) is 28.8. The average Bonchev–Trinajstić information content (AvgIpc) is 3.78. The van der Waals surface area contributed by atoms with Crippen molar-refractivity contribution in [1.82, 2.24) is 4.57 Å². The van der Waals surface area contributed by atoms with Crippen molar-refractivity contribution in [2.45, 2.75) is 0 Å². The van der Waals surface area contributed by atoms with E-state index in [4.69, 9.17) is 0 Å². The van der Waals surface area contributed by atoms with Crippen LogP contribution < -0.4 is 4.90 Å². The highest BCUT2D eigenvalue weighted by Gasteiger charge is 2.20. The Kier molecular flexibility index (Phi) is 6.76. The quantitative estimate of drug-likeness (QED) is 0.174. The predicted octanol–water partition coefficient (Wildman–Crippen LogP) is 14.6. The first-order chi connectivity index (χ1) is 26.3. The second-order valence-corrected chi connectivity index (χ2v) is 14.8. The van der Waals surface area contributed by atoms with Crippen molar-refractivity contribution in [1.29, 1.82) is 0 Å². The van der Waals surface area contributed by atoms with E-state index in [-0.39, 0.29) is 0 Å². The first-order valence-corrected chi connectivity index (χ1v) is 18.9. The molecule has 0 aliphatic carbocycles. The lowest BCUT2D eigenvalue weighted by Crippen LogP contribution is -2.10. The lowest BCUT2D eigenvalue weighted by molar-refractivity contribution is 1.17. The van der Waals surface area contributed by atoms with Gasteiger partial charge in [-0.3, -0.25) is 0 Å². The number of thiophene rings is 1. The number of nitrogens with zero attached hydrogens (tertiary/aromatic N) is 2. The summed E-state index contributed by atoms with van der Waals surface area (Å²) in [6, 6.07) is 71.0. The number of anilines is 3. The van der Waals surface area contributed by atoms with Gasteiger partial charge in [0.1, 0.15) is 0 Å². The molecule has 11 aromatic rings. The van der Waals surface area contributed by atoms with Crippen LogP contribution in [0.2, 0.25) is 0 Å². The number of para-hydroxylation sites is 1. The smallest absolute Gasteiger partial charge is 0.0554 e. The topological polar surface area (TPSA) is 8.17 Å². The van der Waals surface area contributed by atoms with Gasteiger partial charge in [-0.05, 0) is 105 Å². The summed E-state index contributed by atoms with van der Waals surface area (Å²) in [4.78, 5) is 2.43. The lowest BCUT2D eigenvalue weighted by Gasteiger charge is -2.27. The summed E-state index contributed by atoms with van der Waals surface area (Å²) in [5.74, 6) is 0. The fourth-order valence-electron chi connectivity index (χ4n) is 8.31. The molecule has 0 atom stereocenters. The molecule has 0 aliphatic rings. The van der Waals surface area contributed by atoms with E-state index in [0.717, 1.165) is 17.1 Å². The summed E-state index contributed by atoms with van der Waals surface area (Å²) in [5, 5.41) is 10.2.